The van der Waals surface area contributed by atoms with Crippen LogP contribution in [0.15, 0.2) is 36.5 Å². The van der Waals surface area contributed by atoms with E-state index in [1.54, 1.807) is 11.3 Å². The van der Waals surface area contributed by atoms with Crippen molar-refractivity contribution in [1.29, 1.82) is 0 Å². The summed E-state index contributed by atoms with van der Waals surface area (Å²) in [5, 5.41) is 3.60. The Hall–Kier alpha value is -2.28. The average Bonchev–Trinajstić information content (AvgIpc) is 3.48. The first kappa shape index (κ1) is 20.3. The number of Topliss-reactive ketones (excluding diaryl/α,β-unsaturated/α-hetero) is 1. The number of carbonyl (C=O) groups is 1. The van der Waals surface area contributed by atoms with E-state index in [1.807, 2.05) is 6.20 Å². The molecule has 2 aliphatic heterocycles. The molecule has 5 nitrogen and oxygen atoms in total. The first-order valence-electron chi connectivity index (χ1n) is 11.8. The van der Waals surface area contributed by atoms with Crippen molar-refractivity contribution in [3.8, 4) is 0 Å². The lowest BCUT2D eigenvalue weighted by atomic mass is 9.87. The number of aromatic nitrogens is 1. The topological polar surface area (TPSA) is 45.7 Å². The van der Waals surface area contributed by atoms with Crippen LogP contribution in [-0.4, -0.2) is 55.1 Å². The van der Waals surface area contributed by atoms with Crippen LogP contribution in [0.3, 0.4) is 0 Å². The molecular weight excluding hydrogens is 418 g/mol. The zero-order valence-electron chi connectivity index (χ0n) is 18.4. The average molecular weight is 448 g/mol. The van der Waals surface area contributed by atoms with Crippen LogP contribution in [0.2, 0.25) is 0 Å². The maximum absolute atomic E-state index is 13.6. The van der Waals surface area contributed by atoms with E-state index in [2.05, 4.69) is 45.1 Å². The van der Waals surface area contributed by atoms with Crippen LogP contribution >= 0.6 is 11.3 Å². The van der Waals surface area contributed by atoms with Crippen molar-refractivity contribution in [2.24, 2.45) is 5.92 Å². The van der Waals surface area contributed by atoms with E-state index >= 15 is 0 Å². The van der Waals surface area contributed by atoms with Gasteiger partial charge in [-0.05, 0) is 54.1 Å². The number of anilines is 1. The summed E-state index contributed by atoms with van der Waals surface area (Å²) in [5.41, 5.74) is 3.73. The highest BCUT2D eigenvalue weighted by Gasteiger charge is 2.29. The molecule has 1 aliphatic carbocycles. The zero-order chi connectivity index (χ0) is 21.5. The van der Waals surface area contributed by atoms with Gasteiger partial charge >= 0.3 is 0 Å². The molecule has 6 heteroatoms. The van der Waals surface area contributed by atoms with E-state index in [-0.39, 0.29) is 5.92 Å². The van der Waals surface area contributed by atoms with Gasteiger partial charge in [0.1, 0.15) is 0 Å². The number of likely N-dealkylation sites (tertiary alicyclic amines) is 1. The number of nitrogens with zero attached hydrogens (tertiary/aromatic N) is 3. The minimum atomic E-state index is 0.0776. The van der Waals surface area contributed by atoms with Crippen LogP contribution in [0.25, 0.3) is 10.8 Å². The number of ketones is 1. The van der Waals surface area contributed by atoms with Crippen molar-refractivity contribution in [3.05, 3.63) is 58.1 Å². The van der Waals surface area contributed by atoms with Crippen LogP contribution < -0.4 is 4.90 Å². The molecule has 0 bridgehead atoms. The van der Waals surface area contributed by atoms with E-state index in [4.69, 9.17) is 4.74 Å². The Kier molecular flexibility index (Phi) is 5.45. The second kappa shape index (κ2) is 8.58. The second-order valence-electron chi connectivity index (χ2n) is 9.26. The first-order chi connectivity index (χ1) is 15.8. The Balaban J connectivity index is 1.17. The maximum Gasteiger partial charge on any atom is 0.185 e. The van der Waals surface area contributed by atoms with Crippen molar-refractivity contribution in [2.45, 2.75) is 32.2 Å². The molecule has 0 saturated carbocycles. The number of benzene rings is 2. The van der Waals surface area contributed by atoms with Crippen LogP contribution in [0.5, 0.6) is 0 Å². The highest BCUT2D eigenvalue weighted by atomic mass is 32.1. The molecule has 0 N–H and O–H groups in total. The lowest BCUT2D eigenvalue weighted by molar-refractivity contribution is 0.0814. The number of carbonyl (C=O) groups excluding carboxylic acids is 1. The predicted molar refractivity (Wildman–Crippen MR) is 129 cm³/mol. The van der Waals surface area contributed by atoms with E-state index < -0.39 is 0 Å². The van der Waals surface area contributed by atoms with Gasteiger partial charge in [-0.15, -0.1) is 11.3 Å². The first-order valence-corrected chi connectivity index (χ1v) is 12.7. The fraction of sp³-hybridized carbons (Fsp3) is 0.462. The summed E-state index contributed by atoms with van der Waals surface area (Å²) in [6.45, 7) is 6.17. The van der Waals surface area contributed by atoms with Crippen molar-refractivity contribution in [2.75, 3.05) is 44.3 Å². The molecule has 2 aromatic carbocycles. The van der Waals surface area contributed by atoms with Crippen molar-refractivity contribution >= 4 is 33.0 Å². The molecule has 1 unspecified atom stereocenters. The lowest BCUT2D eigenvalue weighted by Gasteiger charge is -2.31. The molecule has 0 radical (unpaired) electrons. The fourth-order valence-corrected chi connectivity index (χ4v) is 6.59. The van der Waals surface area contributed by atoms with Gasteiger partial charge in [0.2, 0.25) is 0 Å². The van der Waals surface area contributed by atoms with Gasteiger partial charge in [0.25, 0.3) is 0 Å². The summed E-state index contributed by atoms with van der Waals surface area (Å²) in [6, 6.07) is 10.8. The van der Waals surface area contributed by atoms with Gasteiger partial charge in [-0.25, -0.2) is 4.98 Å². The standard InChI is InChI=1S/C26H29N3O2S/c30-25(23-9-8-19-7-6-18-3-1-5-22(23)24(18)19)20-4-2-10-28(16-20)17-21-15-27-26(32-21)29-11-13-31-14-12-29/h1,3,5,8-9,15,20H,2,4,6-7,10-14,16-17H2. The molecule has 32 heavy (non-hydrogen) atoms. The largest absolute Gasteiger partial charge is 0.378 e. The summed E-state index contributed by atoms with van der Waals surface area (Å²) in [5.74, 6) is 0.400. The van der Waals surface area contributed by atoms with Gasteiger partial charge < -0.3 is 9.64 Å². The number of hydrogen-bond acceptors (Lipinski definition) is 6. The van der Waals surface area contributed by atoms with Crippen molar-refractivity contribution in [1.82, 2.24) is 9.88 Å². The number of morpholine rings is 1. The molecule has 1 atom stereocenters. The number of thiazole rings is 1. The number of rotatable bonds is 5. The summed E-state index contributed by atoms with van der Waals surface area (Å²) in [7, 11) is 0. The van der Waals surface area contributed by atoms with Crippen molar-refractivity contribution in [3.63, 3.8) is 0 Å². The Morgan fingerprint density at radius 1 is 1.09 bits per heavy atom. The number of piperidine rings is 1. The minimum Gasteiger partial charge on any atom is -0.378 e. The van der Waals surface area contributed by atoms with Gasteiger partial charge in [0.05, 0.1) is 13.2 Å². The molecule has 1 aromatic heterocycles. The number of ether oxygens (including phenoxy) is 1. The number of hydrogen-bond donors (Lipinski definition) is 0. The van der Waals surface area contributed by atoms with E-state index in [0.717, 1.165) is 87.7 Å². The molecular formula is C26H29N3O2S. The highest BCUT2D eigenvalue weighted by Crippen LogP contribution is 2.35. The van der Waals surface area contributed by atoms with Crippen LogP contribution in [0.1, 0.15) is 39.2 Å². The van der Waals surface area contributed by atoms with Crippen LogP contribution in [-0.2, 0) is 24.1 Å². The third-order valence-corrected chi connectivity index (χ3v) is 8.26. The van der Waals surface area contributed by atoms with E-state index in [1.165, 1.54) is 21.4 Å². The van der Waals surface area contributed by atoms with Crippen molar-refractivity contribution < 1.29 is 9.53 Å². The Morgan fingerprint density at radius 2 is 1.94 bits per heavy atom. The molecule has 2 fully saturated rings. The quantitative estimate of drug-likeness (QED) is 0.545. The fourth-order valence-electron chi connectivity index (χ4n) is 5.59. The molecule has 3 aliphatic rings. The summed E-state index contributed by atoms with van der Waals surface area (Å²) >= 11 is 1.78. The van der Waals surface area contributed by atoms with Crippen LogP contribution in [0.4, 0.5) is 5.13 Å². The summed E-state index contributed by atoms with van der Waals surface area (Å²) < 4.78 is 5.46. The molecule has 3 heterocycles. The van der Waals surface area contributed by atoms with Gasteiger partial charge in [-0.1, -0.05) is 30.3 Å². The molecule has 2 saturated heterocycles. The van der Waals surface area contributed by atoms with Gasteiger partial charge in [-0.2, -0.15) is 0 Å². The van der Waals surface area contributed by atoms with E-state index in [0.29, 0.717) is 5.78 Å². The molecule has 6 rings (SSSR count). The third kappa shape index (κ3) is 3.74. The molecule has 0 amide bonds. The summed E-state index contributed by atoms with van der Waals surface area (Å²) in [6.07, 6.45) is 6.28. The maximum atomic E-state index is 13.6. The second-order valence-corrected chi connectivity index (χ2v) is 10.4. The zero-order valence-corrected chi connectivity index (χ0v) is 19.2. The Morgan fingerprint density at radius 3 is 2.81 bits per heavy atom. The molecule has 0 spiro atoms. The Bertz CT molecular complexity index is 1140. The monoisotopic (exact) mass is 447 g/mol. The number of aryl methyl sites for hydroxylation is 2. The predicted octanol–water partition coefficient (Wildman–Crippen LogP) is 4.33. The Labute approximate surface area is 193 Å². The molecule has 166 valence electrons. The summed E-state index contributed by atoms with van der Waals surface area (Å²) in [4.78, 5) is 24.3. The van der Waals surface area contributed by atoms with Gasteiger partial charge in [-0.3, -0.25) is 9.69 Å². The van der Waals surface area contributed by atoms with Gasteiger partial charge in [0, 0.05) is 48.7 Å². The van der Waals surface area contributed by atoms with Gasteiger partial charge in [0.15, 0.2) is 10.9 Å². The highest BCUT2D eigenvalue weighted by molar-refractivity contribution is 7.15. The normalized spacial score (nSPS) is 21.4. The minimum absolute atomic E-state index is 0.0776. The van der Waals surface area contributed by atoms with Crippen LogP contribution in [0, 0.1) is 5.92 Å². The lowest BCUT2D eigenvalue weighted by Crippen LogP contribution is -2.38. The molecule has 3 aromatic rings. The SMILES string of the molecule is O=C(c1ccc2c3c(cccc13)CC2)C1CCCN(Cc2cnc(N3CCOCC3)s2)C1. The van der Waals surface area contributed by atoms with E-state index in [9.17, 15) is 4.79 Å². The third-order valence-electron chi connectivity index (χ3n) is 7.22. The smallest absolute Gasteiger partial charge is 0.185 e.